The van der Waals surface area contributed by atoms with E-state index in [1.54, 1.807) is 7.11 Å². The molecular weight excluding hydrogens is 396 g/mol. The van der Waals surface area contributed by atoms with Gasteiger partial charge in [0.1, 0.15) is 6.04 Å². The van der Waals surface area contributed by atoms with Crippen LogP contribution in [0.2, 0.25) is 0 Å². The molecule has 0 unspecified atom stereocenters. The minimum Gasteiger partial charge on any atom is -0.381 e. The maximum absolute atomic E-state index is 13.3. The molecule has 0 saturated heterocycles. The predicted molar refractivity (Wildman–Crippen MR) is 123 cm³/mol. The Morgan fingerprint density at radius 3 is 2.23 bits per heavy atom. The van der Waals surface area contributed by atoms with E-state index in [4.69, 9.17) is 4.74 Å². The van der Waals surface area contributed by atoms with Gasteiger partial charge in [-0.05, 0) is 43.4 Å². The van der Waals surface area contributed by atoms with E-state index in [9.17, 15) is 9.59 Å². The van der Waals surface area contributed by atoms with Gasteiger partial charge in [0, 0.05) is 25.0 Å². The lowest BCUT2D eigenvalue weighted by molar-refractivity contribution is -0.136. The van der Waals surface area contributed by atoms with E-state index in [-0.39, 0.29) is 17.9 Å². The van der Waals surface area contributed by atoms with E-state index in [0.29, 0.717) is 30.7 Å². The summed E-state index contributed by atoms with van der Waals surface area (Å²) < 4.78 is 5.45. The summed E-state index contributed by atoms with van der Waals surface area (Å²) in [5.41, 5.74) is 1.13. The molecule has 0 heterocycles. The van der Waals surface area contributed by atoms with Crippen LogP contribution < -0.4 is 10.6 Å². The smallest absolute Gasteiger partial charge is 0.247 e. The third kappa shape index (κ3) is 5.64. The van der Waals surface area contributed by atoms with Crippen LogP contribution in [0.3, 0.4) is 0 Å². The first-order valence-corrected chi connectivity index (χ1v) is 11.0. The molecule has 160 valence electrons. The molecule has 3 rings (SSSR count). The summed E-state index contributed by atoms with van der Waals surface area (Å²) in [5, 5.41) is 5.96. The van der Waals surface area contributed by atoms with Crippen molar-refractivity contribution in [3.05, 3.63) is 66.2 Å². The Labute approximate surface area is 184 Å². The second-order valence-electron chi connectivity index (χ2n) is 7.94. The largest absolute Gasteiger partial charge is 0.381 e. The molecule has 0 aromatic heterocycles. The fraction of sp³-hybridized carbons (Fsp3) is 0.417. The van der Waals surface area contributed by atoms with Gasteiger partial charge in [-0.3, -0.25) is 9.59 Å². The molecule has 1 atom stereocenters. The molecule has 0 spiro atoms. The Balaban J connectivity index is 1.75. The number of nitrogens with one attached hydrogen (secondary N) is 2. The SMILES string of the molecule is COC1CCC(CS)(C(=O)N[C@@H](Cc2ccccc2)C(=O)Nc2ccccc2)CC1. The number of carbonyl (C=O) groups is 2. The molecule has 0 bridgehead atoms. The fourth-order valence-electron chi connectivity index (χ4n) is 3.96. The van der Waals surface area contributed by atoms with Crippen LogP contribution >= 0.6 is 12.6 Å². The van der Waals surface area contributed by atoms with Gasteiger partial charge >= 0.3 is 0 Å². The van der Waals surface area contributed by atoms with E-state index in [1.165, 1.54) is 0 Å². The summed E-state index contributed by atoms with van der Waals surface area (Å²) in [5.74, 6) is 0.127. The van der Waals surface area contributed by atoms with Gasteiger partial charge in [-0.1, -0.05) is 48.5 Å². The quantitative estimate of drug-likeness (QED) is 0.562. The Hall–Kier alpha value is -2.31. The number of hydrogen-bond donors (Lipinski definition) is 3. The van der Waals surface area contributed by atoms with Crippen molar-refractivity contribution < 1.29 is 14.3 Å². The van der Waals surface area contributed by atoms with Crippen molar-refractivity contribution in [3.63, 3.8) is 0 Å². The minimum absolute atomic E-state index is 0.101. The highest BCUT2D eigenvalue weighted by Crippen LogP contribution is 2.38. The summed E-state index contributed by atoms with van der Waals surface area (Å²) in [6, 6.07) is 18.4. The average molecular weight is 427 g/mol. The maximum Gasteiger partial charge on any atom is 0.247 e. The highest BCUT2D eigenvalue weighted by molar-refractivity contribution is 7.80. The number of methoxy groups -OCH3 is 1. The van der Waals surface area contributed by atoms with Gasteiger partial charge < -0.3 is 15.4 Å². The average Bonchev–Trinajstić information content (AvgIpc) is 2.80. The summed E-state index contributed by atoms with van der Waals surface area (Å²) in [7, 11) is 1.71. The predicted octanol–water partition coefficient (Wildman–Crippen LogP) is 3.86. The lowest BCUT2D eigenvalue weighted by Gasteiger charge is -2.38. The minimum atomic E-state index is -0.669. The molecular formula is C24H30N2O3S. The van der Waals surface area contributed by atoms with Crippen LogP contribution in [-0.4, -0.2) is 36.8 Å². The standard InChI is InChI=1S/C24H30N2O3S/c1-29-20-12-14-24(17-30,15-13-20)23(28)26-21(16-18-8-4-2-5-9-18)22(27)25-19-10-6-3-7-11-19/h2-11,20-21,30H,12-17H2,1H3,(H,25,27)(H,26,28)/t20?,21-,24?/m0/s1. The zero-order valence-corrected chi connectivity index (χ0v) is 18.2. The zero-order chi connectivity index (χ0) is 21.4. The van der Waals surface area contributed by atoms with Crippen molar-refractivity contribution in [2.75, 3.05) is 18.2 Å². The van der Waals surface area contributed by atoms with Gasteiger partial charge in [-0.2, -0.15) is 12.6 Å². The number of anilines is 1. The van der Waals surface area contributed by atoms with Gasteiger partial charge in [-0.25, -0.2) is 0 Å². The summed E-state index contributed by atoms with van der Waals surface area (Å²) in [6.07, 6.45) is 3.67. The molecule has 1 saturated carbocycles. The van der Waals surface area contributed by atoms with Crippen LogP contribution in [0, 0.1) is 5.41 Å². The van der Waals surface area contributed by atoms with Gasteiger partial charge in [0.25, 0.3) is 0 Å². The third-order valence-electron chi connectivity index (χ3n) is 5.95. The van der Waals surface area contributed by atoms with Crippen molar-refractivity contribution in [2.45, 2.75) is 44.2 Å². The lowest BCUT2D eigenvalue weighted by atomic mass is 9.73. The number of para-hydroxylation sites is 1. The third-order valence-corrected chi connectivity index (χ3v) is 6.56. The van der Waals surface area contributed by atoms with Crippen LogP contribution in [0.15, 0.2) is 60.7 Å². The molecule has 30 heavy (non-hydrogen) atoms. The molecule has 2 N–H and O–H groups in total. The summed E-state index contributed by atoms with van der Waals surface area (Å²) in [4.78, 5) is 26.4. The molecule has 0 radical (unpaired) electrons. The number of amides is 2. The molecule has 2 aromatic carbocycles. The van der Waals surface area contributed by atoms with Crippen molar-refractivity contribution in [1.82, 2.24) is 5.32 Å². The lowest BCUT2D eigenvalue weighted by Crippen LogP contribution is -2.53. The van der Waals surface area contributed by atoms with Crippen LogP contribution in [0.1, 0.15) is 31.2 Å². The van der Waals surface area contributed by atoms with E-state index < -0.39 is 11.5 Å². The topological polar surface area (TPSA) is 67.4 Å². The van der Waals surface area contributed by atoms with Crippen LogP contribution in [0.25, 0.3) is 0 Å². The Morgan fingerprint density at radius 1 is 1.07 bits per heavy atom. The van der Waals surface area contributed by atoms with Gasteiger partial charge in [0.15, 0.2) is 0 Å². The van der Waals surface area contributed by atoms with E-state index in [2.05, 4.69) is 23.3 Å². The normalized spacial score (nSPS) is 22.1. The first-order chi connectivity index (χ1) is 14.6. The fourth-order valence-corrected chi connectivity index (χ4v) is 4.42. The molecule has 1 fully saturated rings. The van der Waals surface area contributed by atoms with Gasteiger partial charge in [0.05, 0.1) is 11.5 Å². The second kappa shape index (κ2) is 10.6. The number of hydrogen-bond acceptors (Lipinski definition) is 4. The van der Waals surface area contributed by atoms with E-state index >= 15 is 0 Å². The van der Waals surface area contributed by atoms with Crippen molar-refractivity contribution in [1.29, 1.82) is 0 Å². The van der Waals surface area contributed by atoms with Crippen molar-refractivity contribution in [3.8, 4) is 0 Å². The first kappa shape index (κ1) is 22.4. The number of benzene rings is 2. The van der Waals surface area contributed by atoms with Crippen LogP contribution in [0.5, 0.6) is 0 Å². The summed E-state index contributed by atoms with van der Waals surface area (Å²) in [6.45, 7) is 0. The molecule has 6 heteroatoms. The van der Waals surface area contributed by atoms with Crippen molar-refractivity contribution in [2.24, 2.45) is 5.41 Å². The monoisotopic (exact) mass is 426 g/mol. The Morgan fingerprint density at radius 2 is 1.67 bits per heavy atom. The molecule has 2 amide bonds. The zero-order valence-electron chi connectivity index (χ0n) is 17.3. The van der Waals surface area contributed by atoms with E-state index in [0.717, 1.165) is 18.4 Å². The highest BCUT2D eigenvalue weighted by Gasteiger charge is 2.42. The first-order valence-electron chi connectivity index (χ1n) is 10.4. The second-order valence-corrected chi connectivity index (χ2v) is 8.26. The highest BCUT2D eigenvalue weighted by atomic mass is 32.1. The maximum atomic E-state index is 13.3. The number of ether oxygens (including phenoxy) is 1. The Bertz CT molecular complexity index is 821. The Kier molecular flexibility index (Phi) is 7.94. The summed E-state index contributed by atoms with van der Waals surface area (Å²) >= 11 is 4.50. The number of thiol groups is 1. The van der Waals surface area contributed by atoms with Crippen molar-refractivity contribution >= 4 is 30.1 Å². The molecule has 2 aromatic rings. The number of carbonyl (C=O) groups excluding carboxylic acids is 2. The molecule has 5 nitrogen and oxygen atoms in total. The van der Waals surface area contributed by atoms with Crippen LogP contribution in [-0.2, 0) is 20.7 Å². The van der Waals surface area contributed by atoms with Crippen LogP contribution in [0.4, 0.5) is 5.69 Å². The molecule has 1 aliphatic rings. The molecule has 0 aliphatic heterocycles. The number of rotatable bonds is 8. The van der Waals surface area contributed by atoms with E-state index in [1.807, 2.05) is 60.7 Å². The van der Waals surface area contributed by atoms with Gasteiger partial charge in [0.2, 0.25) is 11.8 Å². The molecule has 1 aliphatic carbocycles. The van der Waals surface area contributed by atoms with Gasteiger partial charge in [-0.15, -0.1) is 0 Å².